The highest BCUT2D eigenvalue weighted by Gasteiger charge is 2.19. The summed E-state index contributed by atoms with van der Waals surface area (Å²) >= 11 is 0. The average Bonchev–Trinajstić information content (AvgIpc) is 2.88. The molecule has 5 rings (SSSR count). The van der Waals surface area contributed by atoms with E-state index in [1.807, 2.05) is 55.3 Å². The maximum Gasteiger partial charge on any atom is 0.239 e. The minimum atomic E-state index is -3.91. The number of hydrogen-bond acceptors (Lipinski definition) is 7. The number of nitrogens with two attached hydrogens (primary N) is 1. The fraction of sp³-hybridized carbons (Fsp3) is 0.0769. The van der Waals surface area contributed by atoms with Gasteiger partial charge in [-0.1, -0.05) is 48.5 Å². The molecule has 0 amide bonds. The van der Waals surface area contributed by atoms with Gasteiger partial charge in [0.25, 0.3) is 0 Å². The first kappa shape index (κ1) is 22.6. The van der Waals surface area contributed by atoms with Crippen LogP contribution in [0.15, 0.2) is 90.3 Å². The summed E-state index contributed by atoms with van der Waals surface area (Å²) in [5, 5.41) is 7.20. The highest BCUT2D eigenvalue weighted by molar-refractivity contribution is 7.89. The molecular weight excluding hydrogens is 460 g/mol. The molecule has 5 aromatic rings. The Kier molecular flexibility index (Phi) is 5.72. The van der Waals surface area contributed by atoms with Crippen LogP contribution in [0.25, 0.3) is 33.2 Å². The second kappa shape index (κ2) is 8.86. The number of anilines is 2. The molecule has 0 atom stereocenters. The largest absolute Gasteiger partial charge is 0.312 e. The number of aromatic nitrogens is 4. The molecular formula is C26H22N6O2S. The third-order valence-electron chi connectivity index (χ3n) is 5.69. The summed E-state index contributed by atoms with van der Waals surface area (Å²) in [4.78, 5) is 19.8. The van der Waals surface area contributed by atoms with E-state index in [9.17, 15) is 8.42 Å². The van der Waals surface area contributed by atoms with Crippen LogP contribution in [-0.2, 0) is 10.0 Å². The molecule has 0 spiro atoms. The van der Waals surface area contributed by atoms with Gasteiger partial charge in [0.1, 0.15) is 10.7 Å². The molecule has 2 aromatic carbocycles. The third kappa shape index (κ3) is 4.46. The van der Waals surface area contributed by atoms with Crippen LogP contribution in [0.4, 0.5) is 11.6 Å². The zero-order valence-electron chi connectivity index (χ0n) is 19.1. The zero-order chi connectivity index (χ0) is 24.6. The Bertz CT molecular complexity index is 1640. The molecule has 0 saturated carbocycles. The molecule has 0 aliphatic heterocycles. The second-order valence-electron chi connectivity index (χ2n) is 8.13. The lowest BCUT2D eigenvalue weighted by Gasteiger charge is -2.22. The summed E-state index contributed by atoms with van der Waals surface area (Å²) in [6.45, 7) is 1.88. The number of rotatable bonds is 5. The van der Waals surface area contributed by atoms with Crippen molar-refractivity contribution in [3.05, 3.63) is 91.1 Å². The lowest BCUT2D eigenvalue weighted by molar-refractivity contribution is 0.597. The fourth-order valence-corrected chi connectivity index (χ4v) is 4.42. The number of sulfonamides is 1. The van der Waals surface area contributed by atoms with E-state index in [4.69, 9.17) is 10.1 Å². The Balaban J connectivity index is 1.79. The Morgan fingerprint density at radius 1 is 0.857 bits per heavy atom. The minimum Gasteiger partial charge on any atom is -0.312 e. The minimum absolute atomic E-state index is 0.0748. The normalized spacial score (nSPS) is 11.5. The molecule has 0 aliphatic rings. The number of benzene rings is 2. The predicted molar refractivity (Wildman–Crippen MR) is 137 cm³/mol. The van der Waals surface area contributed by atoms with E-state index >= 15 is 0 Å². The van der Waals surface area contributed by atoms with Crippen LogP contribution in [0, 0.1) is 6.92 Å². The van der Waals surface area contributed by atoms with E-state index in [1.54, 1.807) is 18.6 Å². The number of aryl methyl sites for hydroxylation is 1. The molecule has 174 valence electrons. The van der Waals surface area contributed by atoms with Gasteiger partial charge in [-0.05, 0) is 35.6 Å². The van der Waals surface area contributed by atoms with Crippen molar-refractivity contribution in [2.75, 3.05) is 11.9 Å². The first-order valence-corrected chi connectivity index (χ1v) is 12.4. The van der Waals surface area contributed by atoms with Crippen molar-refractivity contribution in [2.45, 2.75) is 11.8 Å². The molecule has 3 heterocycles. The van der Waals surface area contributed by atoms with Gasteiger partial charge in [-0.2, -0.15) is 0 Å². The predicted octanol–water partition coefficient (Wildman–Crippen LogP) is 4.48. The van der Waals surface area contributed by atoms with E-state index < -0.39 is 10.0 Å². The van der Waals surface area contributed by atoms with Gasteiger partial charge in [0, 0.05) is 30.4 Å². The monoisotopic (exact) mass is 482 g/mol. The molecule has 35 heavy (non-hydrogen) atoms. The maximum atomic E-state index is 11.9. The Morgan fingerprint density at radius 2 is 1.66 bits per heavy atom. The fourth-order valence-electron chi connectivity index (χ4n) is 3.92. The average molecular weight is 483 g/mol. The molecule has 3 aromatic heterocycles. The summed E-state index contributed by atoms with van der Waals surface area (Å²) in [5.41, 5.74) is 3.97. The molecule has 0 bridgehead atoms. The summed E-state index contributed by atoms with van der Waals surface area (Å²) < 4.78 is 23.8. The maximum absolute atomic E-state index is 11.9. The number of nitrogens with zero attached hydrogens (tertiary/aromatic N) is 5. The van der Waals surface area contributed by atoms with Gasteiger partial charge in [0.2, 0.25) is 10.0 Å². The van der Waals surface area contributed by atoms with Gasteiger partial charge in [0.15, 0.2) is 5.82 Å². The number of primary sulfonamides is 1. The third-order valence-corrected chi connectivity index (χ3v) is 6.57. The van der Waals surface area contributed by atoms with Gasteiger partial charge in [0.05, 0.1) is 23.8 Å². The Morgan fingerprint density at radius 3 is 2.37 bits per heavy atom. The van der Waals surface area contributed by atoms with Gasteiger partial charge < -0.3 is 4.90 Å². The SMILES string of the molecule is Cc1cnc(N(C)c2nc(-c3cncc(S(N)(=O)=O)c3)cc3cccc(-c4ccccc4)c23)cn1. The summed E-state index contributed by atoms with van der Waals surface area (Å²) in [7, 11) is -2.03. The van der Waals surface area contributed by atoms with Gasteiger partial charge in [-0.3, -0.25) is 9.97 Å². The molecule has 0 unspecified atom stereocenters. The quantitative estimate of drug-likeness (QED) is 0.393. The standard InChI is InChI=1S/C26H22N6O2S/c1-17-13-30-24(16-29-17)32(2)26-25-19(9-6-10-22(25)18-7-4-3-5-8-18)12-23(31-26)20-11-21(15-28-14-20)35(27,33)34/h3-16H,1-2H3,(H2,27,33,34). The summed E-state index contributed by atoms with van der Waals surface area (Å²) in [6.07, 6.45) is 6.20. The summed E-state index contributed by atoms with van der Waals surface area (Å²) in [6, 6.07) is 19.5. The zero-order valence-corrected chi connectivity index (χ0v) is 19.9. The second-order valence-corrected chi connectivity index (χ2v) is 9.69. The van der Waals surface area contributed by atoms with Crippen LogP contribution in [0.2, 0.25) is 0 Å². The van der Waals surface area contributed by atoms with Crippen LogP contribution in [0.5, 0.6) is 0 Å². The summed E-state index contributed by atoms with van der Waals surface area (Å²) in [5.74, 6) is 1.27. The van der Waals surface area contributed by atoms with Crippen LogP contribution in [-0.4, -0.2) is 35.4 Å². The molecule has 0 aliphatic carbocycles. The lowest BCUT2D eigenvalue weighted by Crippen LogP contribution is -2.15. The molecule has 0 fully saturated rings. The number of fused-ring (bicyclic) bond motifs is 1. The molecule has 8 nitrogen and oxygen atoms in total. The van der Waals surface area contributed by atoms with Gasteiger partial charge in [-0.25, -0.2) is 23.5 Å². The van der Waals surface area contributed by atoms with E-state index in [2.05, 4.69) is 33.2 Å². The van der Waals surface area contributed by atoms with E-state index in [0.717, 1.165) is 27.6 Å². The van der Waals surface area contributed by atoms with Crippen molar-refractivity contribution in [3.8, 4) is 22.4 Å². The smallest absolute Gasteiger partial charge is 0.239 e. The number of hydrogen-bond donors (Lipinski definition) is 1. The lowest BCUT2D eigenvalue weighted by atomic mass is 9.97. The van der Waals surface area contributed by atoms with Crippen molar-refractivity contribution in [1.82, 2.24) is 19.9 Å². The molecule has 0 saturated heterocycles. The molecule has 0 radical (unpaired) electrons. The molecule has 9 heteroatoms. The first-order chi connectivity index (χ1) is 16.8. The Hall–Kier alpha value is -4.21. The highest BCUT2D eigenvalue weighted by Crippen LogP contribution is 2.38. The van der Waals surface area contributed by atoms with Crippen molar-refractivity contribution >= 4 is 32.4 Å². The van der Waals surface area contributed by atoms with Crippen LogP contribution >= 0.6 is 0 Å². The van der Waals surface area contributed by atoms with E-state index in [1.165, 1.54) is 12.3 Å². The van der Waals surface area contributed by atoms with Crippen molar-refractivity contribution < 1.29 is 8.42 Å². The van der Waals surface area contributed by atoms with E-state index in [0.29, 0.717) is 22.9 Å². The van der Waals surface area contributed by atoms with Crippen LogP contribution in [0.3, 0.4) is 0 Å². The van der Waals surface area contributed by atoms with Crippen LogP contribution in [0.1, 0.15) is 5.69 Å². The van der Waals surface area contributed by atoms with Gasteiger partial charge >= 0.3 is 0 Å². The molecule has 2 N–H and O–H groups in total. The van der Waals surface area contributed by atoms with Gasteiger partial charge in [-0.15, -0.1) is 0 Å². The Labute approximate surface area is 203 Å². The number of pyridine rings is 2. The van der Waals surface area contributed by atoms with Crippen molar-refractivity contribution in [1.29, 1.82) is 0 Å². The highest BCUT2D eigenvalue weighted by atomic mass is 32.2. The first-order valence-electron chi connectivity index (χ1n) is 10.8. The van der Waals surface area contributed by atoms with Crippen LogP contribution < -0.4 is 10.0 Å². The topological polar surface area (TPSA) is 115 Å². The van der Waals surface area contributed by atoms with E-state index in [-0.39, 0.29) is 4.90 Å². The van der Waals surface area contributed by atoms with Crippen molar-refractivity contribution in [2.24, 2.45) is 5.14 Å². The van der Waals surface area contributed by atoms with Crippen molar-refractivity contribution in [3.63, 3.8) is 0 Å².